The molecule has 0 aliphatic carbocycles. The highest BCUT2D eigenvalue weighted by Gasteiger charge is 2.11. The van der Waals surface area contributed by atoms with Crippen molar-refractivity contribution in [2.75, 3.05) is 11.2 Å². The summed E-state index contributed by atoms with van der Waals surface area (Å²) in [5, 5.41) is 2.48. The second kappa shape index (κ2) is 5.65. The Kier molecular flexibility index (Phi) is 4.49. The molecule has 0 heterocycles. The van der Waals surface area contributed by atoms with Gasteiger partial charge in [-0.2, -0.15) is 8.78 Å². The van der Waals surface area contributed by atoms with Crippen LogP contribution in [0.15, 0.2) is 18.2 Å². The number of hydrogen-bond acceptors (Lipinski definition) is 2. The first-order valence-corrected chi connectivity index (χ1v) is 4.98. The molecule has 0 aliphatic rings. The number of nitrogens with one attached hydrogen (secondary N) is 1. The highest BCUT2D eigenvalue weighted by molar-refractivity contribution is 6.29. The maximum atomic E-state index is 12.0. The highest BCUT2D eigenvalue weighted by atomic mass is 35.5. The van der Waals surface area contributed by atoms with E-state index in [0.717, 1.165) is 0 Å². The molecule has 0 aromatic heterocycles. The fourth-order valence-electron chi connectivity index (χ4n) is 1.16. The molecule has 88 valence electrons. The van der Waals surface area contributed by atoms with Gasteiger partial charge >= 0.3 is 6.61 Å². The molecule has 0 saturated carbocycles. The van der Waals surface area contributed by atoms with E-state index in [0.29, 0.717) is 11.3 Å². The fourth-order valence-corrected chi connectivity index (χ4v) is 1.22. The van der Waals surface area contributed by atoms with Gasteiger partial charge in [-0.3, -0.25) is 4.79 Å². The topological polar surface area (TPSA) is 38.3 Å². The average Bonchev–Trinajstić information content (AvgIpc) is 2.23. The molecular formula is C10H10ClF2NO2. The van der Waals surface area contributed by atoms with Crippen molar-refractivity contribution in [1.29, 1.82) is 0 Å². The number of anilines is 1. The Balaban J connectivity index is 2.90. The minimum absolute atomic E-state index is 0.0300. The van der Waals surface area contributed by atoms with Crippen LogP contribution in [-0.4, -0.2) is 18.4 Å². The van der Waals surface area contributed by atoms with Crippen LogP contribution in [0.1, 0.15) is 5.56 Å². The number of carbonyl (C=O) groups excluding carboxylic acids is 1. The molecule has 0 atom stereocenters. The first-order valence-electron chi connectivity index (χ1n) is 4.45. The second-order valence-electron chi connectivity index (χ2n) is 2.99. The summed E-state index contributed by atoms with van der Waals surface area (Å²) in [5.74, 6) is -0.569. The fraction of sp³-hybridized carbons (Fsp3) is 0.300. The van der Waals surface area contributed by atoms with Crippen molar-refractivity contribution in [3.05, 3.63) is 23.8 Å². The minimum Gasteiger partial charge on any atom is -0.434 e. The Hall–Kier alpha value is -1.36. The summed E-state index contributed by atoms with van der Waals surface area (Å²) in [5.41, 5.74) is 0.838. The van der Waals surface area contributed by atoms with Gasteiger partial charge in [0.25, 0.3) is 0 Å². The predicted octanol–water partition coefficient (Wildman–Crippen LogP) is 2.77. The number of carbonyl (C=O) groups is 1. The van der Waals surface area contributed by atoms with Gasteiger partial charge in [-0.1, -0.05) is 6.07 Å². The number of halogens is 3. The van der Waals surface area contributed by atoms with Crippen LogP contribution >= 0.6 is 11.6 Å². The van der Waals surface area contributed by atoms with Crippen molar-refractivity contribution in [3.8, 4) is 5.75 Å². The van der Waals surface area contributed by atoms with Gasteiger partial charge in [-0.05, 0) is 19.1 Å². The van der Waals surface area contributed by atoms with Crippen molar-refractivity contribution in [2.45, 2.75) is 13.5 Å². The molecule has 6 heteroatoms. The maximum absolute atomic E-state index is 12.0. The van der Waals surface area contributed by atoms with E-state index in [-0.39, 0.29) is 11.6 Å². The van der Waals surface area contributed by atoms with Gasteiger partial charge in [-0.25, -0.2) is 0 Å². The van der Waals surface area contributed by atoms with Crippen LogP contribution in [0.25, 0.3) is 0 Å². The maximum Gasteiger partial charge on any atom is 0.387 e. The molecule has 0 fully saturated rings. The Morgan fingerprint density at radius 2 is 2.25 bits per heavy atom. The summed E-state index contributed by atoms with van der Waals surface area (Å²) in [6.07, 6.45) is 0. The van der Waals surface area contributed by atoms with Crippen LogP contribution in [0.5, 0.6) is 5.75 Å². The van der Waals surface area contributed by atoms with Crippen molar-refractivity contribution in [1.82, 2.24) is 0 Å². The van der Waals surface area contributed by atoms with Crippen molar-refractivity contribution in [2.24, 2.45) is 0 Å². The molecule has 3 nitrogen and oxygen atoms in total. The van der Waals surface area contributed by atoms with E-state index in [1.165, 1.54) is 12.1 Å². The van der Waals surface area contributed by atoms with Gasteiger partial charge in [0.1, 0.15) is 11.6 Å². The van der Waals surface area contributed by atoms with Crippen LogP contribution in [0.2, 0.25) is 0 Å². The molecule has 0 bridgehead atoms. The van der Waals surface area contributed by atoms with Gasteiger partial charge in [-0.15, -0.1) is 11.6 Å². The zero-order chi connectivity index (χ0) is 12.1. The number of benzene rings is 1. The molecule has 0 aliphatic heterocycles. The minimum atomic E-state index is -2.89. The lowest BCUT2D eigenvalue weighted by Crippen LogP contribution is -2.14. The first kappa shape index (κ1) is 12.7. The molecule has 1 aromatic carbocycles. The summed E-state index contributed by atoms with van der Waals surface area (Å²) in [4.78, 5) is 11.0. The first-order chi connectivity index (χ1) is 7.54. The van der Waals surface area contributed by atoms with E-state index in [9.17, 15) is 13.6 Å². The van der Waals surface area contributed by atoms with Crippen molar-refractivity contribution >= 4 is 23.2 Å². The third-order valence-electron chi connectivity index (χ3n) is 1.90. The lowest BCUT2D eigenvalue weighted by atomic mass is 10.2. The van der Waals surface area contributed by atoms with Crippen molar-refractivity contribution in [3.63, 3.8) is 0 Å². The second-order valence-corrected chi connectivity index (χ2v) is 3.26. The van der Waals surface area contributed by atoms with Crippen LogP contribution in [0, 0.1) is 6.92 Å². The predicted molar refractivity (Wildman–Crippen MR) is 57.2 cm³/mol. The molecule has 1 aromatic rings. The molecule has 1 amide bonds. The van der Waals surface area contributed by atoms with Gasteiger partial charge < -0.3 is 10.1 Å². The van der Waals surface area contributed by atoms with E-state index in [1.807, 2.05) is 0 Å². The Labute approximate surface area is 96.4 Å². The molecule has 1 N–H and O–H groups in total. The molecule has 0 unspecified atom stereocenters. The number of ether oxygens (including phenoxy) is 1. The smallest absolute Gasteiger partial charge is 0.387 e. The number of alkyl halides is 3. The normalized spacial score (nSPS) is 10.3. The quantitative estimate of drug-likeness (QED) is 0.834. The Morgan fingerprint density at radius 3 is 2.81 bits per heavy atom. The molecule has 0 radical (unpaired) electrons. The zero-order valence-corrected chi connectivity index (χ0v) is 9.22. The Bertz CT molecular complexity index is 385. The molecule has 16 heavy (non-hydrogen) atoms. The van der Waals surface area contributed by atoms with Crippen LogP contribution in [0.4, 0.5) is 14.5 Å². The number of rotatable bonds is 4. The van der Waals surface area contributed by atoms with E-state index in [2.05, 4.69) is 10.1 Å². The monoisotopic (exact) mass is 249 g/mol. The summed E-state index contributed by atoms with van der Waals surface area (Å²) < 4.78 is 28.3. The van der Waals surface area contributed by atoms with Crippen LogP contribution in [-0.2, 0) is 4.79 Å². The molecule has 0 spiro atoms. The summed E-state index contributed by atoms with van der Waals surface area (Å²) >= 11 is 5.32. The van der Waals surface area contributed by atoms with E-state index < -0.39 is 12.5 Å². The van der Waals surface area contributed by atoms with Gasteiger partial charge in [0.2, 0.25) is 5.91 Å². The lowest BCUT2D eigenvalue weighted by molar-refractivity contribution is -0.113. The average molecular weight is 250 g/mol. The van der Waals surface area contributed by atoms with E-state index >= 15 is 0 Å². The lowest BCUT2D eigenvalue weighted by Gasteiger charge is -2.12. The van der Waals surface area contributed by atoms with E-state index in [1.54, 1.807) is 13.0 Å². The zero-order valence-electron chi connectivity index (χ0n) is 8.47. The standard InChI is InChI=1S/C10H10ClF2NO2/c1-6-7(14-9(15)5-11)3-2-4-8(6)16-10(12)13/h2-4,10H,5H2,1H3,(H,14,15). The summed E-state index contributed by atoms with van der Waals surface area (Å²) in [7, 11) is 0. The molecule has 0 saturated heterocycles. The SMILES string of the molecule is Cc1c(NC(=O)CCl)cccc1OC(F)F. The van der Waals surface area contributed by atoms with Gasteiger partial charge in [0.05, 0.1) is 0 Å². The van der Waals surface area contributed by atoms with Crippen LogP contribution < -0.4 is 10.1 Å². The molecular weight excluding hydrogens is 240 g/mol. The third kappa shape index (κ3) is 3.34. The summed E-state index contributed by atoms with van der Waals surface area (Å²) in [6.45, 7) is -1.32. The van der Waals surface area contributed by atoms with E-state index in [4.69, 9.17) is 11.6 Å². The van der Waals surface area contributed by atoms with Crippen LogP contribution in [0.3, 0.4) is 0 Å². The van der Waals surface area contributed by atoms with Crippen molar-refractivity contribution < 1.29 is 18.3 Å². The van der Waals surface area contributed by atoms with Gasteiger partial charge in [0, 0.05) is 11.3 Å². The third-order valence-corrected chi connectivity index (χ3v) is 2.14. The number of amides is 1. The highest BCUT2D eigenvalue weighted by Crippen LogP contribution is 2.26. The van der Waals surface area contributed by atoms with Gasteiger partial charge in [0.15, 0.2) is 0 Å². The summed E-state index contributed by atoms with van der Waals surface area (Å²) in [6, 6.07) is 4.49. The molecule has 1 rings (SSSR count). The number of hydrogen-bond donors (Lipinski definition) is 1. The largest absolute Gasteiger partial charge is 0.434 e. The Morgan fingerprint density at radius 1 is 1.56 bits per heavy atom.